The molecular formula is C15H22N4O4S. The van der Waals surface area contributed by atoms with Crippen molar-refractivity contribution in [3.05, 3.63) is 0 Å². The van der Waals surface area contributed by atoms with Crippen molar-refractivity contribution < 1.29 is 18.0 Å². The van der Waals surface area contributed by atoms with Crippen LogP contribution in [0.4, 0.5) is 0 Å². The molecule has 8 nitrogen and oxygen atoms in total. The molecule has 2 saturated heterocycles. The number of amides is 2. The zero-order chi connectivity index (χ0) is 16.9. The first-order valence-electron chi connectivity index (χ1n) is 8.54. The Hall–Kier alpha value is -1.48. The molecule has 3 fully saturated rings. The van der Waals surface area contributed by atoms with Crippen molar-refractivity contribution in [1.82, 2.24) is 15.2 Å². The molecule has 1 aliphatic carbocycles. The Kier molecular flexibility index (Phi) is 3.87. The number of hydrogen-bond donors (Lipinski definition) is 1. The van der Waals surface area contributed by atoms with Crippen LogP contribution in [0.2, 0.25) is 0 Å². The van der Waals surface area contributed by atoms with Crippen LogP contribution in [0, 0.1) is 5.92 Å². The lowest BCUT2D eigenvalue weighted by Crippen LogP contribution is -2.62. The molecule has 0 spiro atoms. The highest BCUT2D eigenvalue weighted by Gasteiger charge is 2.49. The molecule has 0 aromatic rings. The highest BCUT2D eigenvalue weighted by atomic mass is 32.2. The lowest BCUT2D eigenvalue weighted by Gasteiger charge is -2.44. The maximum atomic E-state index is 12.8. The third kappa shape index (κ3) is 3.06. The van der Waals surface area contributed by atoms with Crippen LogP contribution in [-0.2, 0) is 19.4 Å². The van der Waals surface area contributed by atoms with Crippen LogP contribution in [0.5, 0.6) is 0 Å². The van der Waals surface area contributed by atoms with E-state index in [-0.39, 0.29) is 41.8 Å². The highest BCUT2D eigenvalue weighted by Crippen LogP contribution is 2.34. The quantitative estimate of drug-likeness (QED) is 0.699. The molecule has 9 heteroatoms. The van der Waals surface area contributed by atoms with Gasteiger partial charge in [-0.1, -0.05) is 0 Å². The molecule has 2 amide bonds. The van der Waals surface area contributed by atoms with Crippen molar-refractivity contribution >= 4 is 27.4 Å². The summed E-state index contributed by atoms with van der Waals surface area (Å²) in [5, 5.41) is 3.88. The molecule has 2 unspecified atom stereocenters. The molecule has 132 valence electrons. The minimum absolute atomic E-state index is 0.0320. The smallest absolute Gasteiger partial charge is 0.270 e. The summed E-state index contributed by atoms with van der Waals surface area (Å²) in [6, 6.07) is -0.401. The van der Waals surface area contributed by atoms with Gasteiger partial charge >= 0.3 is 0 Å². The molecular weight excluding hydrogens is 332 g/mol. The second-order valence-corrected chi connectivity index (χ2v) is 9.40. The van der Waals surface area contributed by atoms with Gasteiger partial charge < -0.3 is 4.90 Å². The van der Waals surface area contributed by atoms with Crippen molar-refractivity contribution in [2.24, 2.45) is 11.0 Å². The van der Waals surface area contributed by atoms with Gasteiger partial charge in [0.25, 0.3) is 5.91 Å². The average molecular weight is 354 g/mol. The summed E-state index contributed by atoms with van der Waals surface area (Å²) in [7, 11) is -3.13. The van der Waals surface area contributed by atoms with E-state index in [1.54, 1.807) is 4.90 Å². The Bertz CT molecular complexity index is 700. The number of carbonyl (C=O) groups excluding carboxylic acids is 2. The summed E-state index contributed by atoms with van der Waals surface area (Å²) in [6.45, 7) is 2.17. The summed E-state index contributed by atoms with van der Waals surface area (Å²) in [5.41, 5.74) is 2.67. The van der Waals surface area contributed by atoms with Gasteiger partial charge in [-0.25, -0.2) is 13.8 Å². The van der Waals surface area contributed by atoms with Crippen LogP contribution < -0.4 is 5.43 Å². The average Bonchev–Trinajstić information content (AvgIpc) is 3.28. The van der Waals surface area contributed by atoms with E-state index >= 15 is 0 Å². The van der Waals surface area contributed by atoms with Crippen molar-refractivity contribution in [2.75, 3.05) is 31.1 Å². The maximum absolute atomic E-state index is 12.8. The van der Waals surface area contributed by atoms with Gasteiger partial charge in [-0.3, -0.25) is 14.5 Å². The van der Waals surface area contributed by atoms with Crippen LogP contribution in [0.1, 0.15) is 25.7 Å². The maximum Gasteiger partial charge on any atom is 0.270 e. The molecule has 4 rings (SSSR count). The first-order valence-corrected chi connectivity index (χ1v) is 10.4. The number of piperazine rings is 1. The number of rotatable bonds is 3. The number of nitrogens with one attached hydrogen (secondary N) is 1. The Labute approximate surface area is 141 Å². The van der Waals surface area contributed by atoms with Crippen LogP contribution in [-0.4, -0.2) is 79.0 Å². The van der Waals surface area contributed by atoms with Gasteiger partial charge in [0.1, 0.15) is 5.71 Å². The molecule has 3 heterocycles. The van der Waals surface area contributed by atoms with Gasteiger partial charge in [-0.15, -0.1) is 0 Å². The SMILES string of the molecule is O=C1CCC(C(=O)N2CCN(CC3CC3)C3CS(=O)(=O)CC32)=NN1. The lowest BCUT2D eigenvalue weighted by atomic mass is 10.0. The number of hydrogen-bond acceptors (Lipinski definition) is 6. The number of nitrogens with zero attached hydrogens (tertiary/aromatic N) is 3. The van der Waals surface area contributed by atoms with E-state index in [0.717, 1.165) is 6.54 Å². The molecule has 4 aliphatic rings. The van der Waals surface area contributed by atoms with E-state index in [2.05, 4.69) is 15.4 Å². The first-order chi connectivity index (χ1) is 11.4. The normalized spacial score (nSPS) is 32.9. The van der Waals surface area contributed by atoms with Gasteiger partial charge in [-0.05, 0) is 18.8 Å². The van der Waals surface area contributed by atoms with Crippen LogP contribution in [0.3, 0.4) is 0 Å². The minimum atomic E-state index is -3.13. The summed E-state index contributed by atoms with van der Waals surface area (Å²) in [6.07, 6.45) is 3.01. The lowest BCUT2D eigenvalue weighted by molar-refractivity contribution is -0.130. The number of hydrazone groups is 1. The van der Waals surface area contributed by atoms with E-state index in [1.807, 2.05) is 0 Å². The third-order valence-corrected chi connectivity index (χ3v) is 7.09. The number of sulfone groups is 1. The Balaban J connectivity index is 1.54. The molecule has 3 aliphatic heterocycles. The molecule has 24 heavy (non-hydrogen) atoms. The fourth-order valence-electron chi connectivity index (χ4n) is 3.93. The second-order valence-electron chi connectivity index (χ2n) is 7.24. The predicted octanol–water partition coefficient (Wildman–Crippen LogP) is -1.03. The van der Waals surface area contributed by atoms with Gasteiger partial charge in [0.2, 0.25) is 5.91 Å². The van der Waals surface area contributed by atoms with Crippen molar-refractivity contribution in [3.8, 4) is 0 Å². The van der Waals surface area contributed by atoms with Crippen LogP contribution in [0.15, 0.2) is 5.10 Å². The van der Waals surface area contributed by atoms with E-state index in [9.17, 15) is 18.0 Å². The fourth-order valence-corrected chi connectivity index (χ4v) is 5.94. The Morgan fingerprint density at radius 1 is 1.17 bits per heavy atom. The van der Waals surface area contributed by atoms with E-state index in [4.69, 9.17) is 0 Å². The van der Waals surface area contributed by atoms with Crippen molar-refractivity contribution in [3.63, 3.8) is 0 Å². The number of carbonyl (C=O) groups is 2. The van der Waals surface area contributed by atoms with Crippen LogP contribution >= 0.6 is 0 Å². The zero-order valence-electron chi connectivity index (χ0n) is 13.5. The molecule has 0 aromatic heterocycles. The first kappa shape index (κ1) is 16.0. The van der Waals surface area contributed by atoms with Gasteiger partial charge in [0.05, 0.1) is 17.5 Å². The summed E-state index contributed by atoms with van der Waals surface area (Å²) < 4.78 is 24.4. The Morgan fingerprint density at radius 3 is 2.58 bits per heavy atom. The Morgan fingerprint density at radius 2 is 1.92 bits per heavy atom. The van der Waals surface area contributed by atoms with Gasteiger partial charge in [-0.2, -0.15) is 5.10 Å². The van der Waals surface area contributed by atoms with Crippen molar-refractivity contribution in [1.29, 1.82) is 0 Å². The van der Waals surface area contributed by atoms with E-state index in [1.165, 1.54) is 12.8 Å². The fraction of sp³-hybridized carbons (Fsp3) is 0.800. The summed E-state index contributed by atoms with van der Waals surface area (Å²) in [5.74, 6) is 0.436. The van der Waals surface area contributed by atoms with E-state index < -0.39 is 9.84 Å². The molecule has 2 atom stereocenters. The number of fused-ring (bicyclic) bond motifs is 1. The standard InChI is InChI=1S/C15H22N4O4S/c20-14-4-3-11(16-17-14)15(21)19-6-5-18(7-10-1-2-10)12-8-24(22,23)9-13(12)19/h10,12-13H,1-9H2,(H,17,20). The largest absolute Gasteiger partial charge is 0.331 e. The third-order valence-electron chi connectivity index (χ3n) is 5.39. The van der Waals surface area contributed by atoms with Gasteiger partial charge in [0.15, 0.2) is 9.84 Å². The van der Waals surface area contributed by atoms with Crippen molar-refractivity contribution in [2.45, 2.75) is 37.8 Å². The highest BCUT2D eigenvalue weighted by molar-refractivity contribution is 7.91. The molecule has 0 bridgehead atoms. The van der Waals surface area contributed by atoms with E-state index in [0.29, 0.717) is 31.1 Å². The topological polar surface area (TPSA) is 99.2 Å². The molecule has 0 radical (unpaired) electrons. The summed E-state index contributed by atoms with van der Waals surface area (Å²) >= 11 is 0. The monoisotopic (exact) mass is 354 g/mol. The second kappa shape index (κ2) is 5.80. The van der Waals surface area contributed by atoms with Gasteiger partial charge in [0, 0.05) is 38.5 Å². The summed E-state index contributed by atoms with van der Waals surface area (Å²) in [4.78, 5) is 27.9. The molecule has 0 aromatic carbocycles. The van der Waals surface area contributed by atoms with Crippen LogP contribution in [0.25, 0.3) is 0 Å². The molecule has 1 saturated carbocycles. The predicted molar refractivity (Wildman–Crippen MR) is 87.1 cm³/mol. The zero-order valence-corrected chi connectivity index (χ0v) is 14.3. The minimum Gasteiger partial charge on any atom is -0.331 e. The molecule has 1 N–H and O–H groups in total.